The Kier molecular flexibility index (Phi) is 6.31. The first-order chi connectivity index (χ1) is 8.95. The summed E-state index contributed by atoms with van der Waals surface area (Å²) in [5, 5.41) is 9.83. The first-order valence-electron chi connectivity index (χ1n) is 6.38. The fraction of sp³-hybridized carbons (Fsp3) is 0.500. The third-order valence-electron chi connectivity index (χ3n) is 2.89. The topological polar surface area (TPSA) is 43.8 Å². The predicted molar refractivity (Wildman–Crippen MR) is 80.6 cm³/mol. The van der Waals surface area contributed by atoms with Crippen molar-refractivity contribution in [3.63, 3.8) is 0 Å². The van der Waals surface area contributed by atoms with Crippen molar-refractivity contribution in [3.8, 4) is 5.75 Å². The lowest BCUT2D eigenvalue weighted by Crippen LogP contribution is -2.33. The van der Waals surface area contributed by atoms with Gasteiger partial charge in [0.2, 0.25) is 0 Å². The maximum absolute atomic E-state index is 12.3. The van der Waals surface area contributed by atoms with Gasteiger partial charge < -0.3 is 14.9 Å². The molecule has 19 heavy (non-hydrogen) atoms. The minimum absolute atomic E-state index is 0.0189. The maximum atomic E-state index is 12.3. The summed E-state index contributed by atoms with van der Waals surface area (Å²) in [6.45, 7) is 4.23. The van der Waals surface area contributed by atoms with Crippen molar-refractivity contribution in [3.05, 3.63) is 28.2 Å². The van der Waals surface area contributed by atoms with E-state index in [9.17, 15) is 9.90 Å². The van der Waals surface area contributed by atoms with Crippen LogP contribution in [0.1, 0.15) is 23.7 Å². The number of hydrogen-bond donors (Lipinski definition) is 1. The Labute approximate surface area is 123 Å². The Morgan fingerprint density at radius 1 is 1.32 bits per heavy atom. The van der Waals surface area contributed by atoms with Crippen LogP contribution < -0.4 is 0 Å². The summed E-state index contributed by atoms with van der Waals surface area (Å²) in [6, 6.07) is 4.96. The molecule has 1 aromatic rings. The molecule has 106 valence electrons. The molecule has 0 aliphatic rings. The monoisotopic (exact) mass is 328 g/mol. The molecular weight excluding hydrogens is 308 g/mol. The molecule has 0 heterocycles. The van der Waals surface area contributed by atoms with Crippen LogP contribution >= 0.6 is 15.9 Å². The van der Waals surface area contributed by atoms with Crippen LogP contribution in [0.15, 0.2) is 22.7 Å². The number of amides is 1. The maximum Gasteiger partial charge on any atom is 0.257 e. The molecule has 0 aliphatic carbocycles. The number of aromatic hydroxyl groups is 1. The highest BCUT2D eigenvalue weighted by molar-refractivity contribution is 9.10. The predicted octanol–water partition coefficient (Wildman–Crippen LogP) is 2.57. The van der Waals surface area contributed by atoms with E-state index < -0.39 is 0 Å². The quantitative estimate of drug-likeness (QED) is 0.872. The molecule has 4 nitrogen and oxygen atoms in total. The van der Waals surface area contributed by atoms with E-state index in [0.29, 0.717) is 18.7 Å². The number of rotatable bonds is 6. The molecule has 0 unspecified atom stereocenters. The Hall–Kier alpha value is -1.07. The largest absolute Gasteiger partial charge is 0.507 e. The average Bonchev–Trinajstić information content (AvgIpc) is 2.33. The highest BCUT2D eigenvalue weighted by Gasteiger charge is 2.17. The zero-order valence-corrected chi connectivity index (χ0v) is 13.3. The van der Waals surface area contributed by atoms with Crippen molar-refractivity contribution < 1.29 is 9.90 Å². The second-order valence-corrected chi connectivity index (χ2v) is 5.62. The third-order valence-corrected chi connectivity index (χ3v) is 3.39. The van der Waals surface area contributed by atoms with Crippen molar-refractivity contribution in [1.82, 2.24) is 9.80 Å². The molecule has 0 fully saturated rings. The fourth-order valence-electron chi connectivity index (χ4n) is 1.84. The lowest BCUT2D eigenvalue weighted by Gasteiger charge is -2.22. The van der Waals surface area contributed by atoms with Crippen LogP contribution in [-0.2, 0) is 0 Å². The molecule has 1 N–H and O–H groups in total. The van der Waals surface area contributed by atoms with E-state index in [0.717, 1.165) is 17.4 Å². The molecule has 0 spiro atoms. The van der Waals surface area contributed by atoms with Gasteiger partial charge in [-0.3, -0.25) is 4.79 Å². The molecule has 1 amide bonds. The molecule has 1 aromatic carbocycles. The van der Waals surface area contributed by atoms with Gasteiger partial charge in [-0.05, 0) is 52.2 Å². The van der Waals surface area contributed by atoms with Crippen molar-refractivity contribution in [2.75, 3.05) is 33.7 Å². The van der Waals surface area contributed by atoms with Gasteiger partial charge in [0, 0.05) is 17.6 Å². The van der Waals surface area contributed by atoms with Gasteiger partial charge in [-0.15, -0.1) is 0 Å². The third kappa shape index (κ3) is 4.84. The standard InChI is InChI=1S/C14H21BrN2O2/c1-4-17(9-5-8-16(2)3)14(19)12-7-6-11(15)10-13(12)18/h6-7,10,18H,4-5,8-9H2,1-3H3. The van der Waals surface area contributed by atoms with Crippen molar-refractivity contribution in [1.29, 1.82) is 0 Å². The van der Waals surface area contributed by atoms with Crippen molar-refractivity contribution >= 4 is 21.8 Å². The van der Waals surface area contributed by atoms with Gasteiger partial charge in [0.05, 0.1) is 5.56 Å². The van der Waals surface area contributed by atoms with Gasteiger partial charge in [-0.25, -0.2) is 0 Å². The van der Waals surface area contributed by atoms with E-state index in [-0.39, 0.29) is 11.7 Å². The lowest BCUT2D eigenvalue weighted by molar-refractivity contribution is 0.0756. The minimum atomic E-state index is -0.119. The summed E-state index contributed by atoms with van der Waals surface area (Å²) < 4.78 is 0.761. The zero-order chi connectivity index (χ0) is 14.4. The van der Waals surface area contributed by atoms with Crippen LogP contribution in [0, 0.1) is 0 Å². The van der Waals surface area contributed by atoms with Crippen molar-refractivity contribution in [2.24, 2.45) is 0 Å². The van der Waals surface area contributed by atoms with Gasteiger partial charge in [0.15, 0.2) is 0 Å². The number of carbonyl (C=O) groups is 1. The molecule has 0 aromatic heterocycles. The van der Waals surface area contributed by atoms with E-state index in [1.165, 1.54) is 0 Å². The van der Waals surface area contributed by atoms with E-state index >= 15 is 0 Å². The number of halogens is 1. The molecule has 0 saturated heterocycles. The first-order valence-corrected chi connectivity index (χ1v) is 7.17. The summed E-state index contributed by atoms with van der Waals surface area (Å²) in [7, 11) is 4.03. The summed E-state index contributed by atoms with van der Waals surface area (Å²) in [5.74, 6) is -0.100. The molecular formula is C14H21BrN2O2. The van der Waals surface area contributed by atoms with Gasteiger partial charge in [-0.1, -0.05) is 15.9 Å². The Balaban J connectivity index is 2.72. The average molecular weight is 329 g/mol. The van der Waals surface area contributed by atoms with Crippen LogP contribution in [0.2, 0.25) is 0 Å². The SMILES string of the molecule is CCN(CCCN(C)C)C(=O)c1ccc(Br)cc1O. The van der Waals surface area contributed by atoms with Crippen LogP contribution in [0.5, 0.6) is 5.75 Å². The van der Waals surface area contributed by atoms with E-state index in [4.69, 9.17) is 0 Å². The number of carbonyl (C=O) groups excluding carboxylic acids is 1. The van der Waals surface area contributed by atoms with Gasteiger partial charge in [-0.2, -0.15) is 0 Å². The van der Waals surface area contributed by atoms with Gasteiger partial charge in [0.25, 0.3) is 5.91 Å². The smallest absolute Gasteiger partial charge is 0.257 e. The van der Waals surface area contributed by atoms with Crippen LogP contribution in [0.25, 0.3) is 0 Å². The van der Waals surface area contributed by atoms with E-state index in [1.807, 2.05) is 21.0 Å². The summed E-state index contributed by atoms with van der Waals surface area (Å²) in [5.41, 5.74) is 0.356. The number of nitrogens with zero attached hydrogens (tertiary/aromatic N) is 2. The molecule has 0 bridgehead atoms. The summed E-state index contributed by atoms with van der Waals surface area (Å²) in [4.78, 5) is 16.2. The van der Waals surface area contributed by atoms with E-state index in [2.05, 4.69) is 20.8 Å². The highest BCUT2D eigenvalue weighted by atomic mass is 79.9. The second-order valence-electron chi connectivity index (χ2n) is 4.70. The second kappa shape index (κ2) is 7.50. The van der Waals surface area contributed by atoms with Crippen molar-refractivity contribution in [2.45, 2.75) is 13.3 Å². The fourth-order valence-corrected chi connectivity index (χ4v) is 2.19. The minimum Gasteiger partial charge on any atom is -0.507 e. The molecule has 0 aliphatic heterocycles. The zero-order valence-electron chi connectivity index (χ0n) is 11.7. The molecule has 5 heteroatoms. The molecule has 0 atom stereocenters. The Morgan fingerprint density at radius 3 is 2.53 bits per heavy atom. The normalized spacial score (nSPS) is 10.8. The van der Waals surface area contributed by atoms with Crippen LogP contribution in [0.3, 0.4) is 0 Å². The molecule has 1 rings (SSSR count). The Morgan fingerprint density at radius 2 is 2.00 bits per heavy atom. The van der Waals surface area contributed by atoms with Crippen LogP contribution in [-0.4, -0.2) is 54.5 Å². The van der Waals surface area contributed by atoms with E-state index in [1.54, 1.807) is 23.1 Å². The number of benzene rings is 1. The highest BCUT2D eigenvalue weighted by Crippen LogP contribution is 2.23. The molecule has 0 radical (unpaired) electrons. The molecule has 0 saturated carbocycles. The van der Waals surface area contributed by atoms with Gasteiger partial charge >= 0.3 is 0 Å². The Bertz CT molecular complexity index is 435. The number of phenolic OH excluding ortho intramolecular Hbond substituents is 1. The number of phenols is 1. The number of hydrogen-bond acceptors (Lipinski definition) is 3. The summed E-state index contributed by atoms with van der Waals surface area (Å²) in [6.07, 6.45) is 0.921. The summed E-state index contributed by atoms with van der Waals surface area (Å²) >= 11 is 3.27. The first kappa shape index (κ1) is 16.0. The lowest BCUT2D eigenvalue weighted by atomic mass is 10.1. The van der Waals surface area contributed by atoms with Gasteiger partial charge in [0.1, 0.15) is 5.75 Å². The van der Waals surface area contributed by atoms with Crippen LogP contribution in [0.4, 0.5) is 0 Å².